The van der Waals surface area contributed by atoms with E-state index in [-0.39, 0.29) is 35.4 Å². The van der Waals surface area contributed by atoms with Gasteiger partial charge in [0.2, 0.25) is 5.91 Å². The van der Waals surface area contributed by atoms with Gasteiger partial charge >= 0.3 is 0 Å². The van der Waals surface area contributed by atoms with Crippen molar-refractivity contribution >= 4 is 5.91 Å². The van der Waals surface area contributed by atoms with Crippen LogP contribution in [-0.2, 0) is 9.53 Å². The Bertz CT molecular complexity index is 302. The van der Waals surface area contributed by atoms with E-state index < -0.39 is 0 Å². The van der Waals surface area contributed by atoms with Crippen molar-refractivity contribution in [1.29, 1.82) is 0 Å². The fourth-order valence-electron chi connectivity index (χ4n) is 2.74. The highest BCUT2D eigenvalue weighted by Gasteiger charge is 2.44. The Hall–Kier alpha value is -0.610. The molecule has 2 aliphatic rings. The van der Waals surface area contributed by atoms with Gasteiger partial charge in [-0.15, -0.1) is 0 Å². The van der Waals surface area contributed by atoms with E-state index in [1.807, 2.05) is 13.8 Å². The number of nitrogens with one attached hydrogen (secondary N) is 1. The lowest BCUT2D eigenvalue weighted by Crippen LogP contribution is -2.41. The molecule has 1 heterocycles. The van der Waals surface area contributed by atoms with Crippen LogP contribution in [0.15, 0.2) is 0 Å². The van der Waals surface area contributed by atoms with Crippen molar-refractivity contribution in [1.82, 2.24) is 5.32 Å². The van der Waals surface area contributed by atoms with Crippen LogP contribution in [0.2, 0.25) is 0 Å². The average molecular weight is 240 g/mol. The molecule has 0 bridgehead atoms. The van der Waals surface area contributed by atoms with Crippen LogP contribution in [0.25, 0.3) is 0 Å². The van der Waals surface area contributed by atoms with Crippen LogP contribution in [0.3, 0.4) is 0 Å². The summed E-state index contributed by atoms with van der Waals surface area (Å²) < 4.78 is 5.70. The predicted octanol–water partition coefficient (Wildman–Crippen LogP) is 0.901. The molecule has 4 unspecified atom stereocenters. The molecule has 98 valence electrons. The van der Waals surface area contributed by atoms with Gasteiger partial charge in [-0.3, -0.25) is 4.79 Å². The van der Waals surface area contributed by atoms with Crippen molar-refractivity contribution in [3.05, 3.63) is 0 Å². The molecule has 4 atom stereocenters. The van der Waals surface area contributed by atoms with Crippen LogP contribution < -0.4 is 11.1 Å². The summed E-state index contributed by atoms with van der Waals surface area (Å²) in [5.74, 6) is 0.408. The number of nitrogens with two attached hydrogens (primary N) is 1. The quantitative estimate of drug-likeness (QED) is 0.767. The second-order valence-electron chi connectivity index (χ2n) is 5.85. The summed E-state index contributed by atoms with van der Waals surface area (Å²) in [5.41, 5.74) is 5.91. The summed E-state index contributed by atoms with van der Waals surface area (Å²) in [4.78, 5) is 12.2. The van der Waals surface area contributed by atoms with E-state index in [0.29, 0.717) is 6.54 Å². The number of amides is 1. The van der Waals surface area contributed by atoms with Crippen LogP contribution in [-0.4, -0.2) is 31.2 Å². The molecule has 1 saturated carbocycles. The van der Waals surface area contributed by atoms with Gasteiger partial charge in [0.15, 0.2) is 0 Å². The molecule has 4 heteroatoms. The van der Waals surface area contributed by atoms with Crippen LogP contribution in [0, 0.1) is 17.3 Å². The first kappa shape index (κ1) is 12.8. The number of carbonyl (C=O) groups is 1. The van der Waals surface area contributed by atoms with E-state index in [0.717, 1.165) is 19.4 Å². The molecule has 4 nitrogen and oxygen atoms in total. The summed E-state index contributed by atoms with van der Waals surface area (Å²) in [6, 6.07) is 0. The lowest BCUT2D eigenvalue weighted by molar-refractivity contribution is -0.127. The number of carbonyl (C=O) groups excluding carboxylic acids is 1. The lowest BCUT2D eigenvalue weighted by atomic mass is 9.88. The zero-order valence-electron chi connectivity index (χ0n) is 11.0. The van der Waals surface area contributed by atoms with E-state index in [9.17, 15) is 4.79 Å². The zero-order chi connectivity index (χ0) is 12.6. The van der Waals surface area contributed by atoms with E-state index in [1.54, 1.807) is 0 Å². The normalized spacial score (nSPS) is 39.1. The van der Waals surface area contributed by atoms with Crippen molar-refractivity contribution in [2.24, 2.45) is 23.0 Å². The van der Waals surface area contributed by atoms with Crippen LogP contribution in [0.4, 0.5) is 0 Å². The molecule has 0 spiro atoms. The maximum atomic E-state index is 12.2. The van der Waals surface area contributed by atoms with Crippen molar-refractivity contribution in [2.75, 3.05) is 13.1 Å². The molecular weight excluding hydrogens is 216 g/mol. The number of rotatable bonds is 4. The maximum absolute atomic E-state index is 12.2. The highest BCUT2D eigenvalue weighted by molar-refractivity contribution is 5.80. The van der Waals surface area contributed by atoms with Crippen LogP contribution in [0.1, 0.15) is 33.6 Å². The molecular formula is C13H24N2O2. The fraction of sp³-hybridized carbons (Fsp3) is 0.923. The summed E-state index contributed by atoms with van der Waals surface area (Å²) in [5, 5.41) is 3.06. The molecule has 1 amide bonds. The van der Waals surface area contributed by atoms with Gasteiger partial charge in [-0.2, -0.15) is 0 Å². The Kier molecular flexibility index (Phi) is 3.46. The highest BCUT2D eigenvalue weighted by Crippen LogP contribution is 2.44. The van der Waals surface area contributed by atoms with Gasteiger partial charge in [0, 0.05) is 6.54 Å². The number of hydrogen-bond acceptors (Lipinski definition) is 3. The minimum Gasteiger partial charge on any atom is -0.374 e. The molecule has 1 aliphatic carbocycles. The zero-order valence-corrected chi connectivity index (χ0v) is 11.0. The van der Waals surface area contributed by atoms with Crippen LogP contribution >= 0.6 is 0 Å². The Morgan fingerprint density at radius 2 is 2.00 bits per heavy atom. The van der Waals surface area contributed by atoms with E-state index in [2.05, 4.69) is 12.2 Å². The Balaban J connectivity index is 1.87. The van der Waals surface area contributed by atoms with E-state index in [1.165, 1.54) is 0 Å². The highest BCUT2D eigenvalue weighted by atomic mass is 16.5. The SMILES string of the molecule is CC1OC(C)C(C(=O)NCC2(CN)CC2)C1C. The van der Waals surface area contributed by atoms with Crippen molar-refractivity contribution in [3.63, 3.8) is 0 Å². The largest absolute Gasteiger partial charge is 0.374 e. The topological polar surface area (TPSA) is 64.3 Å². The van der Waals surface area contributed by atoms with Gasteiger partial charge in [-0.1, -0.05) is 6.92 Å². The second-order valence-corrected chi connectivity index (χ2v) is 5.85. The Labute approximate surface area is 103 Å². The lowest BCUT2D eigenvalue weighted by Gasteiger charge is -2.20. The monoisotopic (exact) mass is 240 g/mol. The number of ether oxygens (including phenoxy) is 1. The predicted molar refractivity (Wildman–Crippen MR) is 66.4 cm³/mol. The molecule has 0 aromatic rings. The third-order valence-corrected chi connectivity index (χ3v) is 4.57. The smallest absolute Gasteiger partial charge is 0.226 e. The van der Waals surface area contributed by atoms with Gasteiger partial charge in [0.05, 0.1) is 18.1 Å². The van der Waals surface area contributed by atoms with Gasteiger partial charge in [0.25, 0.3) is 0 Å². The molecule has 0 aromatic heterocycles. The fourth-order valence-corrected chi connectivity index (χ4v) is 2.74. The van der Waals surface area contributed by atoms with Crippen molar-refractivity contribution in [3.8, 4) is 0 Å². The Morgan fingerprint density at radius 1 is 1.35 bits per heavy atom. The second kappa shape index (κ2) is 4.58. The summed E-state index contributed by atoms with van der Waals surface area (Å²) in [6.07, 6.45) is 2.48. The first-order valence-electron chi connectivity index (χ1n) is 6.62. The minimum absolute atomic E-state index is 0.0152. The van der Waals surface area contributed by atoms with Crippen molar-refractivity contribution in [2.45, 2.75) is 45.8 Å². The van der Waals surface area contributed by atoms with Gasteiger partial charge < -0.3 is 15.8 Å². The first-order chi connectivity index (χ1) is 7.99. The van der Waals surface area contributed by atoms with E-state index in [4.69, 9.17) is 10.5 Å². The maximum Gasteiger partial charge on any atom is 0.226 e. The average Bonchev–Trinajstić information content (AvgIpc) is 3.02. The molecule has 0 radical (unpaired) electrons. The van der Waals surface area contributed by atoms with Gasteiger partial charge in [-0.25, -0.2) is 0 Å². The molecule has 1 aliphatic heterocycles. The molecule has 0 aromatic carbocycles. The molecule has 2 fully saturated rings. The van der Waals surface area contributed by atoms with Gasteiger partial charge in [-0.05, 0) is 44.6 Å². The van der Waals surface area contributed by atoms with E-state index >= 15 is 0 Å². The summed E-state index contributed by atoms with van der Waals surface area (Å²) in [6.45, 7) is 7.52. The molecule has 1 saturated heterocycles. The number of hydrogen-bond donors (Lipinski definition) is 2. The molecule has 3 N–H and O–H groups in total. The Morgan fingerprint density at radius 3 is 2.41 bits per heavy atom. The summed E-state index contributed by atoms with van der Waals surface area (Å²) >= 11 is 0. The first-order valence-corrected chi connectivity index (χ1v) is 6.62. The van der Waals surface area contributed by atoms with Crippen LogP contribution in [0.5, 0.6) is 0 Å². The summed E-state index contributed by atoms with van der Waals surface area (Å²) in [7, 11) is 0. The third kappa shape index (κ3) is 2.47. The minimum atomic E-state index is -0.0152. The van der Waals surface area contributed by atoms with Crippen molar-refractivity contribution < 1.29 is 9.53 Å². The third-order valence-electron chi connectivity index (χ3n) is 4.57. The standard InChI is InChI=1S/C13H24N2O2/c1-8-9(2)17-10(3)11(8)12(16)15-7-13(6-14)4-5-13/h8-11H,4-7,14H2,1-3H3,(H,15,16). The molecule has 2 rings (SSSR count). The molecule has 17 heavy (non-hydrogen) atoms. The van der Waals surface area contributed by atoms with Gasteiger partial charge in [0.1, 0.15) is 0 Å².